The summed E-state index contributed by atoms with van der Waals surface area (Å²) in [6, 6.07) is 12.8. The van der Waals surface area contributed by atoms with Crippen LogP contribution in [-0.4, -0.2) is 29.6 Å². The van der Waals surface area contributed by atoms with Gasteiger partial charge >= 0.3 is 0 Å². The van der Waals surface area contributed by atoms with E-state index < -0.39 is 0 Å². The predicted molar refractivity (Wildman–Crippen MR) is 105 cm³/mol. The molecule has 26 heavy (non-hydrogen) atoms. The highest BCUT2D eigenvalue weighted by atomic mass is 16.3. The van der Waals surface area contributed by atoms with E-state index in [4.69, 9.17) is 4.42 Å². The van der Waals surface area contributed by atoms with E-state index in [1.807, 2.05) is 12.1 Å². The van der Waals surface area contributed by atoms with Gasteiger partial charge in [-0.05, 0) is 25.5 Å². The number of fused-ring (bicyclic) bond motifs is 4. The van der Waals surface area contributed by atoms with Crippen LogP contribution in [0.15, 0.2) is 53.2 Å². The van der Waals surface area contributed by atoms with Crippen LogP contribution >= 0.6 is 0 Å². The van der Waals surface area contributed by atoms with Crippen molar-refractivity contribution in [2.24, 2.45) is 0 Å². The van der Waals surface area contributed by atoms with Gasteiger partial charge in [0.2, 0.25) is 0 Å². The van der Waals surface area contributed by atoms with Crippen LogP contribution in [0.25, 0.3) is 21.9 Å². The maximum absolute atomic E-state index is 6.29. The van der Waals surface area contributed by atoms with Gasteiger partial charge in [-0.1, -0.05) is 30.3 Å². The molecule has 0 bridgehead atoms. The third kappa shape index (κ3) is 2.03. The molecular weight excluding hydrogens is 324 g/mol. The van der Waals surface area contributed by atoms with Gasteiger partial charge in [-0.3, -0.25) is 0 Å². The van der Waals surface area contributed by atoms with E-state index in [1.165, 1.54) is 5.56 Å². The Hall–Kier alpha value is -3.08. The fourth-order valence-electron chi connectivity index (χ4n) is 3.85. The first kappa shape index (κ1) is 15.2. The minimum absolute atomic E-state index is 0.318. The van der Waals surface area contributed by atoms with Crippen LogP contribution in [0.2, 0.25) is 0 Å². The van der Waals surface area contributed by atoms with Crippen molar-refractivity contribution in [1.82, 2.24) is 9.97 Å². The molecule has 5 heteroatoms. The summed E-state index contributed by atoms with van der Waals surface area (Å²) in [4.78, 5) is 13.7. The number of nitrogens with zero attached hydrogens (tertiary/aromatic N) is 4. The SMILES string of the molecule is Cc1ccc2c(oc3ccccc32)c1N1C[C@H](C)N(C)c2nccnc21. The summed E-state index contributed by atoms with van der Waals surface area (Å²) in [5.74, 6) is 1.78. The molecule has 0 N–H and O–H groups in total. The van der Waals surface area contributed by atoms with Crippen molar-refractivity contribution in [1.29, 1.82) is 0 Å². The number of aromatic nitrogens is 2. The smallest absolute Gasteiger partial charge is 0.176 e. The second-order valence-electron chi connectivity index (χ2n) is 6.98. The number of benzene rings is 2. The highest BCUT2D eigenvalue weighted by Gasteiger charge is 2.31. The summed E-state index contributed by atoms with van der Waals surface area (Å²) >= 11 is 0. The average Bonchev–Trinajstić information content (AvgIpc) is 3.03. The van der Waals surface area contributed by atoms with Crippen molar-refractivity contribution >= 4 is 39.3 Å². The second-order valence-corrected chi connectivity index (χ2v) is 6.98. The van der Waals surface area contributed by atoms with Crippen LogP contribution in [0.1, 0.15) is 12.5 Å². The predicted octanol–water partition coefficient (Wildman–Crippen LogP) is 4.66. The summed E-state index contributed by atoms with van der Waals surface area (Å²) in [5.41, 5.74) is 4.08. The summed E-state index contributed by atoms with van der Waals surface area (Å²) in [7, 11) is 2.07. The minimum atomic E-state index is 0.318. The van der Waals surface area contributed by atoms with Crippen molar-refractivity contribution in [3.63, 3.8) is 0 Å². The van der Waals surface area contributed by atoms with Crippen molar-refractivity contribution in [2.75, 3.05) is 23.4 Å². The largest absolute Gasteiger partial charge is 0.454 e. The zero-order valence-corrected chi connectivity index (χ0v) is 15.1. The Labute approximate surface area is 151 Å². The van der Waals surface area contributed by atoms with Crippen molar-refractivity contribution in [2.45, 2.75) is 19.9 Å². The minimum Gasteiger partial charge on any atom is -0.454 e. The van der Waals surface area contributed by atoms with E-state index in [0.717, 1.165) is 45.8 Å². The number of furan rings is 1. The molecular formula is C21H20N4O. The van der Waals surface area contributed by atoms with Crippen LogP contribution < -0.4 is 9.80 Å². The lowest BCUT2D eigenvalue weighted by molar-refractivity contribution is 0.635. The van der Waals surface area contributed by atoms with Crippen LogP contribution in [0.3, 0.4) is 0 Å². The van der Waals surface area contributed by atoms with Gasteiger partial charge < -0.3 is 14.2 Å². The van der Waals surface area contributed by atoms with Gasteiger partial charge in [-0.2, -0.15) is 0 Å². The van der Waals surface area contributed by atoms with Gasteiger partial charge in [0.1, 0.15) is 5.58 Å². The molecule has 0 fully saturated rings. The van der Waals surface area contributed by atoms with E-state index >= 15 is 0 Å². The topological polar surface area (TPSA) is 45.4 Å². The molecule has 2 aromatic heterocycles. The molecule has 0 saturated heterocycles. The Bertz CT molecular complexity index is 1130. The Kier molecular flexibility index (Phi) is 3.19. The Balaban J connectivity index is 1.82. The summed E-state index contributed by atoms with van der Waals surface area (Å²) < 4.78 is 6.29. The van der Waals surface area contributed by atoms with Crippen LogP contribution in [-0.2, 0) is 0 Å². The lowest BCUT2D eigenvalue weighted by atomic mass is 10.1. The van der Waals surface area contributed by atoms with E-state index in [2.05, 4.69) is 64.9 Å². The fraction of sp³-hybridized carbons (Fsp3) is 0.238. The van der Waals surface area contributed by atoms with Crippen molar-refractivity contribution in [3.8, 4) is 0 Å². The van der Waals surface area contributed by atoms with Gasteiger partial charge in [0.25, 0.3) is 0 Å². The normalized spacial score (nSPS) is 17.1. The average molecular weight is 344 g/mol. The molecule has 3 heterocycles. The molecule has 130 valence electrons. The standard InChI is InChI=1S/C21H20N4O/c1-13-8-9-16-15-6-4-5-7-17(15)26-19(16)18(13)25-12-14(2)24(3)20-21(25)23-11-10-22-20/h4-11,14H,12H2,1-3H3/t14-/m0/s1. The number of anilines is 3. The first-order valence-electron chi connectivity index (χ1n) is 8.87. The molecule has 4 aromatic rings. The highest BCUT2D eigenvalue weighted by molar-refractivity contribution is 6.10. The van der Waals surface area contributed by atoms with E-state index in [1.54, 1.807) is 12.4 Å². The Morgan fingerprint density at radius 1 is 1.00 bits per heavy atom. The van der Waals surface area contributed by atoms with Crippen molar-refractivity contribution < 1.29 is 4.42 Å². The lowest BCUT2D eigenvalue weighted by Crippen LogP contribution is -2.44. The molecule has 1 atom stereocenters. The first-order valence-corrected chi connectivity index (χ1v) is 8.87. The Morgan fingerprint density at radius 2 is 1.77 bits per heavy atom. The molecule has 2 aromatic carbocycles. The number of para-hydroxylation sites is 1. The molecule has 1 aliphatic rings. The van der Waals surface area contributed by atoms with Crippen LogP contribution in [0, 0.1) is 6.92 Å². The molecule has 0 unspecified atom stereocenters. The van der Waals surface area contributed by atoms with Gasteiger partial charge in [0.05, 0.1) is 5.69 Å². The van der Waals surface area contributed by atoms with Gasteiger partial charge in [-0.15, -0.1) is 0 Å². The molecule has 0 amide bonds. The quantitative estimate of drug-likeness (QED) is 0.502. The van der Waals surface area contributed by atoms with Crippen molar-refractivity contribution in [3.05, 3.63) is 54.4 Å². The zero-order chi connectivity index (χ0) is 17.8. The third-order valence-corrected chi connectivity index (χ3v) is 5.35. The maximum Gasteiger partial charge on any atom is 0.176 e. The van der Waals surface area contributed by atoms with Gasteiger partial charge in [-0.25, -0.2) is 9.97 Å². The summed E-state index contributed by atoms with van der Waals surface area (Å²) in [6.45, 7) is 5.17. The lowest BCUT2D eigenvalue weighted by Gasteiger charge is -2.39. The number of aryl methyl sites for hydroxylation is 1. The first-order chi connectivity index (χ1) is 12.6. The van der Waals surface area contributed by atoms with E-state index in [0.29, 0.717) is 6.04 Å². The molecule has 0 radical (unpaired) electrons. The summed E-state index contributed by atoms with van der Waals surface area (Å²) in [6.07, 6.45) is 3.50. The van der Waals surface area contributed by atoms with Crippen LogP contribution in [0.4, 0.5) is 17.3 Å². The molecule has 5 nitrogen and oxygen atoms in total. The molecule has 1 aliphatic heterocycles. The third-order valence-electron chi connectivity index (χ3n) is 5.35. The second kappa shape index (κ2) is 5.46. The van der Waals surface area contributed by atoms with Gasteiger partial charge in [0.15, 0.2) is 17.2 Å². The highest BCUT2D eigenvalue weighted by Crippen LogP contribution is 2.43. The van der Waals surface area contributed by atoms with Gasteiger partial charge in [0, 0.05) is 42.8 Å². The number of likely N-dealkylation sites (N-methyl/N-ethyl adjacent to an activating group) is 1. The summed E-state index contributed by atoms with van der Waals surface area (Å²) in [5, 5.41) is 2.28. The molecule has 0 aliphatic carbocycles. The zero-order valence-electron chi connectivity index (χ0n) is 15.1. The number of hydrogen-bond acceptors (Lipinski definition) is 5. The molecule has 5 rings (SSSR count). The fourth-order valence-corrected chi connectivity index (χ4v) is 3.85. The number of hydrogen-bond donors (Lipinski definition) is 0. The Morgan fingerprint density at radius 3 is 2.62 bits per heavy atom. The monoisotopic (exact) mass is 344 g/mol. The number of rotatable bonds is 1. The molecule has 0 spiro atoms. The maximum atomic E-state index is 6.29. The van der Waals surface area contributed by atoms with Crippen LogP contribution in [0.5, 0.6) is 0 Å². The molecule has 0 saturated carbocycles. The van der Waals surface area contributed by atoms with E-state index in [-0.39, 0.29) is 0 Å². The van der Waals surface area contributed by atoms with E-state index in [9.17, 15) is 0 Å².